The minimum atomic E-state index is -0.561. The Hall–Kier alpha value is -1.82. The maximum Gasteiger partial charge on any atom is 0.315 e. The van der Waals surface area contributed by atoms with Crippen LogP contribution in [0, 0.1) is 5.82 Å². The summed E-state index contributed by atoms with van der Waals surface area (Å²) < 4.78 is 18.7. The van der Waals surface area contributed by atoms with Crippen LogP contribution in [0.15, 0.2) is 18.2 Å². The predicted octanol–water partition coefficient (Wildman–Crippen LogP) is 3.93. The Labute approximate surface area is 161 Å². The second-order valence-electron chi connectivity index (χ2n) is 7.82. The number of nitrogens with one attached hydrogen (secondary N) is 2. The van der Waals surface area contributed by atoms with E-state index in [1.165, 1.54) is 19.2 Å². The van der Waals surface area contributed by atoms with Gasteiger partial charge in [-0.2, -0.15) is 0 Å². The third-order valence-electron chi connectivity index (χ3n) is 5.33. The van der Waals surface area contributed by atoms with Crippen molar-refractivity contribution in [3.8, 4) is 5.75 Å². The standard InChI is InChI=1S/C21H33FN2O3/c1-4-5-8-21(26)9-6-18(7-10-21)24-20(25)23-15(2)11-16-12-17(22)14-19(13-16)27-3/h12-15,18,26H,4-11H2,1-3H3,(H2,23,24,25). The fourth-order valence-electron chi connectivity index (χ4n) is 3.77. The topological polar surface area (TPSA) is 70.6 Å². The Bertz CT molecular complexity index is 615. The molecule has 1 aromatic rings. The zero-order chi connectivity index (χ0) is 19.9. The molecule has 3 N–H and O–H groups in total. The fraction of sp³-hybridized carbons (Fsp3) is 0.667. The van der Waals surface area contributed by atoms with Crippen LogP contribution in [0.25, 0.3) is 0 Å². The van der Waals surface area contributed by atoms with Crippen molar-refractivity contribution in [2.45, 2.75) is 82.9 Å². The highest BCUT2D eigenvalue weighted by Crippen LogP contribution is 2.32. The molecule has 0 heterocycles. The predicted molar refractivity (Wildman–Crippen MR) is 105 cm³/mol. The molecule has 2 amide bonds. The molecule has 1 aromatic carbocycles. The molecule has 6 heteroatoms. The Morgan fingerprint density at radius 2 is 2.07 bits per heavy atom. The van der Waals surface area contributed by atoms with Crippen molar-refractivity contribution in [3.63, 3.8) is 0 Å². The van der Waals surface area contributed by atoms with Gasteiger partial charge in [-0.05, 0) is 63.1 Å². The monoisotopic (exact) mass is 380 g/mol. The first kappa shape index (κ1) is 21.5. The molecule has 0 aliphatic heterocycles. The Morgan fingerprint density at radius 3 is 2.70 bits per heavy atom. The largest absolute Gasteiger partial charge is 0.497 e. The number of carbonyl (C=O) groups is 1. The quantitative estimate of drug-likeness (QED) is 0.640. The van der Waals surface area contributed by atoms with Gasteiger partial charge in [-0.3, -0.25) is 0 Å². The lowest BCUT2D eigenvalue weighted by Gasteiger charge is -2.36. The van der Waals surface area contributed by atoms with Gasteiger partial charge in [0.2, 0.25) is 0 Å². The van der Waals surface area contributed by atoms with Gasteiger partial charge in [-0.25, -0.2) is 9.18 Å². The van der Waals surface area contributed by atoms with E-state index in [2.05, 4.69) is 17.6 Å². The highest BCUT2D eigenvalue weighted by molar-refractivity contribution is 5.74. The molecule has 1 aliphatic carbocycles. The van der Waals surface area contributed by atoms with Gasteiger partial charge >= 0.3 is 6.03 Å². The molecule has 0 saturated heterocycles. The molecule has 27 heavy (non-hydrogen) atoms. The minimum absolute atomic E-state index is 0.0911. The smallest absolute Gasteiger partial charge is 0.315 e. The number of halogens is 1. The van der Waals surface area contributed by atoms with Crippen molar-refractivity contribution in [1.82, 2.24) is 10.6 Å². The summed E-state index contributed by atoms with van der Waals surface area (Å²) in [6, 6.07) is 4.30. The molecular weight excluding hydrogens is 347 g/mol. The maximum atomic E-state index is 13.6. The van der Waals surface area contributed by atoms with Crippen LogP contribution >= 0.6 is 0 Å². The summed E-state index contributed by atoms with van der Waals surface area (Å²) >= 11 is 0. The number of aliphatic hydroxyl groups is 1. The Morgan fingerprint density at radius 1 is 1.37 bits per heavy atom. The van der Waals surface area contributed by atoms with Gasteiger partial charge < -0.3 is 20.5 Å². The summed E-state index contributed by atoms with van der Waals surface area (Å²) in [7, 11) is 1.50. The van der Waals surface area contributed by atoms with Crippen molar-refractivity contribution < 1.29 is 19.0 Å². The van der Waals surface area contributed by atoms with E-state index in [0.29, 0.717) is 12.2 Å². The zero-order valence-electron chi connectivity index (χ0n) is 16.7. The molecule has 5 nitrogen and oxygen atoms in total. The number of urea groups is 1. The summed E-state index contributed by atoms with van der Waals surface area (Å²) in [5.74, 6) is 0.123. The van der Waals surface area contributed by atoms with Crippen LogP contribution in [0.4, 0.5) is 9.18 Å². The van der Waals surface area contributed by atoms with Gasteiger partial charge in [0.1, 0.15) is 11.6 Å². The SMILES string of the molecule is CCCCC1(O)CCC(NC(=O)NC(C)Cc2cc(F)cc(OC)c2)CC1. The molecule has 1 unspecified atom stereocenters. The molecule has 152 valence electrons. The van der Waals surface area contributed by atoms with E-state index in [9.17, 15) is 14.3 Å². The molecular formula is C21H33FN2O3. The molecule has 1 fully saturated rings. The van der Waals surface area contributed by atoms with E-state index in [1.54, 1.807) is 6.07 Å². The number of hydrogen-bond donors (Lipinski definition) is 3. The molecule has 1 atom stereocenters. The van der Waals surface area contributed by atoms with Crippen molar-refractivity contribution in [2.24, 2.45) is 0 Å². The first-order valence-electron chi connectivity index (χ1n) is 9.96. The van der Waals surface area contributed by atoms with E-state index >= 15 is 0 Å². The second-order valence-corrected chi connectivity index (χ2v) is 7.82. The highest BCUT2D eigenvalue weighted by atomic mass is 19.1. The molecule has 0 aromatic heterocycles. The molecule has 2 rings (SSSR count). The number of carbonyl (C=O) groups excluding carboxylic acids is 1. The summed E-state index contributed by atoms with van der Waals surface area (Å²) in [5.41, 5.74) is 0.215. The van der Waals surface area contributed by atoms with E-state index in [-0.39, 0.29) is 23.9 Å². The summed E-state index contributed by atoms with van der Waals surface area (Å²) in [5, 5.41) is 16.5. The molecule has 0 radical (unpaired) electrons. The van der Waals surface area contributed by atoms with Gasteiger partial charge in [-0.1, -0.05) is 19.8 Å². The van der Waals surface area contributed by atoms with Gasteiger partial charge in [0, 0.05) is 18.2 Å². The maximum absolute atomic E-state index is 13.6. The second kappa shape index (κ2) is 9.93. The molecule has 0 spiro atoms. The van der Waals surface area contributed by atoms with E-state index in [0.717, 1.165) is 50.5 Å². The molecule has 0 bridgehead atoms. The van der Waals surface area contributed by atoms with E-state index in [1.807, 2.05) is 6.92 Å². The number of rotatable bonds is 8. The van der Waals surface area contributed by atoms with Crippen molar-refractivity contribution in [1.29, 1.82) is 0 Å². The van der Waals surface area contributed by atoms with Crippen LogP contribution in [-0.4, -0.2) is 35.9 Å². The van der Waals surface area contributed by atoms with Crippen LogP contribution < -0.4 is 15.4 Å². The van der Waals surface area contributed by atoms with Crippen LogP contribution in [0.5, 0.6) is 5.75 Å². The lowest BCUT2D eigenvalue weighted by molar-refractivity contribution is -0.0117. The summed E-state index contributed by atoms with van der Waals surface area (Å²) in [6.07, 6.45) is 6.54. The van der Waals surface area contributed by atoms with Crippen molar-refractivity contribution in [3.05, 3.63) is 29.6 Å². The summed E-state index contributed by atoms with van der Waals surface area (Å²) in [4.78, 5) is 12.3. The van der Waals surface area contributed by atoms with Crippen LogP contribution in [-0.2, 0) is 6.42 Å². The first-order chi connectivity index (χ1) is 12.8. The summed E-state index contributed by atoms with van der Waals surface area (Å²) in [6.45, 7) is 4.02. The van der Waals surface area contributed by atoms with Gasteiger partial charge in [0.25, 0.3) is 0 Å². The zero-order valence-corrected chi connectivity index (χ0v) is 16.7. The number of benzene rings is 1. The first-order valence-corrected chi connectivity index (χ1v) is 9.96. The van der Waals surface area contributed by atoms with Crippen molar-refractivity contribution >= 4 is 6.03 Å². The normalized spacial score (nSPS) is 23.5. The van der Waals surface area contributed by atoms with Crippen LogP contribution in [0.3, 0.4) is 0 Å². The molecule has 1 aliphatic rings. The number of hydrogen-bond acceptors (Lipinski definition) is 3. The lowest BCUT2D eigenvalue weighted by atomic mass is 9.79. The van der Waals surface area contributed by atoms with Crippen LogP contribution in [0.1, 0.15) is 64.4 Å². The van der Waals surface area contributed by atoms with Gasteiger partial charge in [-0.15, -0.1) is 0 Å². The third kappa shape index (κ3) is 7.01. The Kier molecular flexibility index (Phi) is 7.90. The highest BCUT2D eigenvalue weighted by Gasteiger charge is 2.33. The van der Waals surface area contributed by atoms with Gasteiger partial charge in [0.15, 0.2) is 0 Å². The number of amides is 2. The fourth-order valence-corrected chi connectivity index (χ4v) is 3.77. The van der Waals surface area contributed by atoms with Crippen LogP contribution in [0.2, 0.25) is 0 Å². The Balaban J connectivity index is 1.76. The minimum Gasteiger partial charge on any atom is -0.497 e. The van der Waals surface area contributed by atoms with E-state index in [4.69, 9.17) is 4.74 Å². The lowest BCUT2D eigenvalue weighted by Crippen LogP contribution is -2.49. The average Bonchev–Trinajstić information content (AvgIpc) is 2.61. The number of methoxy groups -OCH3 is 1. The van der Waals surface area contributed by atoms with E-state index < -0.39 is 5.60 Å². The number of unbranched alkanes of at least 4 members (excludes halogenated alkanes) is 1. The third-order valence-corrected chi connectivity index (χ3v) is 5.33. The molecule has 1 saturated carbocycles. The van der Waals surface area contributed by atoms with Gasteiger partial charge in [0.05, 0.1) is 12.7 Å². The number of ether oxygens (including phenoxy) is 1. The van der Waals surface area contributed by atoms with Crippen molar-refractivity contribution in [2.75, 3.05) is 7.11 Å². The average molecular weight is 381 g/mol.